The standard InChI is InChI=1S/C10H18O2.2C2H4O2/c1-9(6-7-11)4-3-5-10(2)8-12;2*1-2(3)4/h5-6,11-12H,3-4,7-8H2,1-2H3;2*1H3,(H,3,4). The molecule has 118 valence electrons. The first-order valence-corrected chi connectivity index (χ1v) is 6.09. The molecular formula is C14H26O6. The summed E-state index contributed by atoms with van der Waals surface area (Å²) in [4.78, 5) is 18.0. The van der Waals surface area contributed by atoms with Crippen molar-refractivity contribution in [3.63, 3.8) is 0 Å². The maximum absolute atomic E-state index is 9.00. The minimum atomic E-state index is -0.833. The van der Waals surface area contributed by atoms with E-state index in [-0.39, 0.29) is 13.2 Å². The fourth-order valence-electron chi connectivity index (χ4n) is 0.869. The van der Waals surface area contributed by atoms with Gasteiger partial charge in [0.1, 0.15) is 0 Å². The lowest BCUT2D eigenvalue weighted by Gasteiger charge is -1.97. The highest BCUT2D eigenvalue weighted by molar-refractivity contribution is 5.63. The van der Waals surface area contributed by atoms with Crippen molar-refractivity contribution in [1.82, 2.24) is 0 Å². The highest BCUT2D eigenvalue weighted by Crippen LogP contribution is 2.05. The summed E-state index contributed by atoms with van der Waals surface area (Å²) in [6, 6.07) is 0. The van der Waals surface area contributed by atoms with E-state index < -0.39 is 11.9 Å². The Hall–Kier alpha value is -1.66. The molecule has 0 fully saturated rings. The fourth-order valence-corrected chi connectivity index (χ4v) is 0.869. The van der Waals surface area contributed by atoms with E-state index in [0.29, 0.717) is 0 Å². The Morgan fingerprint density at radius 1 is 0.850 bits per heavy atom. The number of rotatable bonds is 5. The third kappa shape index (κ3) is 44.1. The number of aliphatic hydroxyl groups is 2. The van der Waals surface area contributed by atoms with Crippen LogP contribution >= 0.6 is 0 Å². The molecule has 20 heavy (non-hydrogen) atoms. The van der Waals surface area contributed by atoms with Crippen molar-refractivity contribution < 1.29 is 30.0 Å². The molecule has 0 aliphatic carbocycles. The highest BCUT2D eigenvalue weighted by atomic mass is 16.4. The molecule has 0 bridgehead atoms. The van der Waals surface area contributed by atoms with E-state index in [0.717, 1.165) is 32.3 Å². The predicted molar refractivity (Wildman–Crippen MR) is 77.5 cm³/mol. The van der Waals surface area contributed by atoms with Crippen LogP contribution in [0.1, 0.15) is 40.5 Å². The van der Waals surface area contributed by atoms with Crippen LogP contribution in [0.2, 0.25) is 0 Å². The SMILES string of the molecule is CC(=CCCC(C)=CCO)CO.CC(=O)O.CC(=O)O. The highest BCUT2D eigenvalue weighted by Gasteiger charge is 1.88. The van der Waals surface area contributed by atoms with Gasteiger partial charge in [-0.05, 0) is 26.7 Å². The van der Waals surface area contributed by atoms with E-state index in [1.54, 1.807) is 0 Å². The predicted octanol–water partition coefficient (Wildman–Crippen LogP) is 1.83. The lowest BCUT2D eigenvalue weighted by molar-refractivity contribution is -0.135. The second-order valence-electron chi connectivity index (χ2n) is 4.02. The van der Waals surface area contributed by atoms with E-state index >= 15 is 0 Å². The van der Waals surface area contributed by atoms with Crippen molar-refractivity contribution in [2.75, 3.05) is 13.2 Å². The van der Waals surface area contributed by atoms with Gasteiger partial charge < -0.3 is 20.4 Å². The number of hydrogen-bond acceptors (Lipinski definition) is 4. The van der Waals surface area contributed by atoms with Crippen LogP contribution in [0, 0.1) is 0 Å². The third-order valence-electron chi connectivity index (χ3n) is 1.72. The first-order valence-electron chi connectivity index (χ1n) is 6.09. The molecule has 6 nitrogen and oxygen atoms in total. The van der Waals surface area contributed by atoms with E-state index in [2.05, 4.69) is 0 Å². The van der Waals surface area contributed by atoms with Crippen molar-refractivity contribution in [2.24, 2.45) is 0 Å². The van der Waals surface area contributed by atoms with E-state index in [9.17, 15) is 0 Å². The zero-order valence-electron chi connectivity index (χ0n) is 12.6. The second kappa shape index (κ2) is 17.3. The number of aliphatic hydroxyl groups excluding tert-OH is 2. The van der Waals surface area contributed by atoms with Crippen LogP contribution in [0.3, 0.4) is 0 Å². The number of hydrogen-bond donors (Lipinski definition) is 4. The number of carbonyl (C=O) groups is 2. The van der Waals surface area contributed by atoms with Crippen LogP contribution in [-0.4, -0.2) is 45.6 Å². The Bertz CT molecular complexity index is 298. The molecule has 0 aliphatic heterocycles. The molecule has 0 radical (unpaired) electrons. The van der Waals surface area contributed by atoms with Crippen molar-refractivity contribution in [3.05, 3.63) is 23.3 Å². The zero-order valence-corrected chi connectivity index (χ0v) is 12.6. The Kier molecular flexibility index (Phi) is 20.3. The Morgan fingerprint density at radius 2 is 1.25 bits per heavy atom. The van der Waals surface area contributed by atoms with Gasteiger partial charge in [-0.15, -0.1) is 0 Å². The molecule has 0 aromatic carbocycles. The molecule has 0 saturated heterocycles. The molecule has 0 aromatic rings. The number of aliphatic carboxylic acids is 2. The van der Waals surface area contributed by atoms with Gasteiger partial charge in [0.2, 0.25) is 0 Å². The summed E-state index contributed by atoms with van der Waals surface area (Å²) in [7, 11) is 0. The van der Waals surface area contributed by atoms with Gasteiger partial charge in [0, 0.05) is 13.8 Å². The number of carboxylic acid groups (broad SMARTS) is 2. The third-order valence-corrected chi connectivity index (χ3v) is 1.72. The summed E-state index contributed by atoms with van der Waals surface area (Å²) in [5, 5.41) is 32.1. The molecule has 0 aromatic heterocycles. The normalized spacial score (nSPS) is 10.7. The quantitative estimate of drug-likeness (QED) is 0.574. The van der Waals surface area contributed by atoms with Crippen LogP contribution < -0.4 is 0 Å². The summed E-state index contributed by atoms with van der Waals surface area (Å²) >= 11 is 0. The van der Waals surface area contributed by atoms with E-state index in [4.69, 9.17) is 30.0 Å². The molecule has 0 rings (SSSR count). The molecule has 0 amide bonds. The maximum Gasteiger partial charge on any atom is 0.300 e. The molecule has 0 spiro atoms. The maximum atomic E-state index is 9.00. The Morgan fingerprint density at radius 3 is 1.55 bits per heavy atom. The summed E-state index contributed by atoms with van der Waals surface area (Å²) in [6.45, 7) is 6.33. The van der Waals surface area contributed by atoms with Crippen molar-refractivity contribution in [3.8, 4) is 0 Å². The molecule has 0 aliphatic rings. The van der Waals surface area contributed by atoms with Crippen LogP contribution in [-0.2, 0) is 9.59 Å². The Balaban J connectivity index is -0.000000297. The van der Waals surface area contributed by atoms with Gasteiger partial charge in [-0.3, -0.25) is 9.59 Å². The average molecular weight is 290 g/mol. The van der Waals surface area contributed by atoms with E-state index in [1.165, 1.54) is 5.57 Å². The fraction of sp³-hybridized carbons (Fsp3) is 0.571. The van der Waals surface area contributed by atoms with Crippen molar-refractivity contribution in [2.45, 2.75) is 40.5 Å². The van der Waals surface area contributed by atoms with Gasteiger partial charge in [-0.2, -0.15) is 0 Å². The largest absolute Gasteiger partial charge is 0.481 e. The molecule has 0 atom stereocenters. The summed E-state index contributed by atoms with van der Waals surface area (Å²) in [5.41, 5.74) is 2.20. The van der Waals surface area contributed by atoms with Gasteiger partial charge in [0.05, 0.1) is 13.2 Å². The Labute approximate surface area is 120 Å². The first-order chi connectivity index (χ1) is 9.17. The average Bonchev–Trinajstić information content (AvgIpc) is 2.27. The summed E-state index contributed by atoms with van der Waals surface area (Å²) < 4.78 is 0. The lowest BCUT2D eigenvalue weighted by atomic mass is 10.1. The van der Waals surface area contributed by atoms with Crippen LogP contribution in [0.5, 0.6) is 0 Å². The van der Waals surface area contributed by atoms with Gasteiger partial charge in [0.25, 0.3) is 11.9 Å². The van der Waals surface area contributed by atoms with Crippen LogP contribution in [0.15, 0.2) is 23.3 Å². The molecule has 4 N–H and O–H groups in total. The minimum Gasteiger partial charge on any atom is -0.481 e. The molecule has 6 heteroatoms. The monoisotopic (exact) mass is 290 g/mol. The molecule has 0 unspecified atom stereocenters. The zero-order chi connectivity index (χ0) is 16.6. The number of carboxylic acids is 2. The van der Waals surface area contributed by atoms with Gasteiger partial charge in [-0.25, -0.2) is 0 Å². The van der Waals surface area contributed by atoms with Crippen LogP contribution in [0.4, 0.5) is 0 Å². The number of allylic oxidation sites excluding steroid dienone is 2. The molecular weight excluding hydrogens is 264 g/mol. The second-order valence-corrected chi connectivity index (χ2v) is 4.02. The minimum absolute atomic E-state index is 0.120. The van der Waals surface area contributed by atoms with Crippen molar-refractivity contribution >= 4 is 11.9 Å². The lowest BCUT2D eigenvalue weighted by Crippen LogP contribution is -1.85. The van der Waals surface area contributed by atoms with Gasteiger partial charge >= 0.3 is 0 Å². The topological polar surface area (TPSA) is 115 Å². The summed E-state index contributed by atoms with van der Waals surface area (Å²) in [6.07, 6.45) is 5.73. The molecule has 0 saturated carbocycles. The smallest absolute Gasteiger partial charge is 0.300 e. The van der Waals surface area contributed by atoms with E-state index in [1.807, 2.05) is 26.0 Å². The summed E-state index contributed by atoms with van der Waals surface area (Å²) in [5.74, 6) is -1.67. The molecule has 0 heterocycles. The van der Waals surface area contributed by atoms with Gasteiger partial charge in [-0.1, -0.05) is 23.3 Å². The van der Waals surface area contributed by atoms with Crippen molar-refractivity contribution in [1.29, 1.82) is 0 Å². The van der Waals surface area contributed by atoms with Gasteiger partial charge in [0.15, 0.2) is 0 Å². The van der Waals surface area contributed by atoms with Crippen LogP contribution in [0.25, 0.3) is 0 Å². The first kappa shape index (κ1) is 23.4.